The maximum absolute atomic E-state index is 11.6. The number of aromatic nitrogens is 1. The number of nitrogens with zero attached hydrogens (tertiary/aromatic N) is 1. The van der Waals surface area contributed by atoms with Gasteiger partial charge in [0.05, 0.1) is 5.01 Å². The molecule has 0 aliphatic rings. The van der Waals surface area contributed by atoms with Gasteiger partial charge in [0.15, 0.2) is 5.69 Å². The Kier molecular flexibility index (Phi) is 3.76. The molecule has 0 saturated heterocycles. The summed E-state index contributed by atoms with van der Waals surface area (Å²) in [5.74, 6) is -0.422. The van der Waals surface area contributed by atoms with E-state index in [0.29, 0.717) is 10.7 Å². The number of rotatable bonds is 3. The quantitative estimate of drug-likeness (QED) is 0.800. The molecule has 0 unspecified atom stereocenters. The van der Waals surface area contributed by atoms with Crippen molar-refractivity contribution in [1.82, 2.24) is 4.98 Å². The first-order valence-electron chi connectivity index (χ1n) is 4.99. The fourth-order valence-electron chi connectivity index (χ4n) is 1.29. The summed E-state index contributed by atoms with van der Waals surface area (Å²) in [5.41, 5.74) is 1.13. The average Bonchev–Trinajstić information content (AvgIpc) is 2.74. The lowest BCUT2D eigenvalue weighted by Crippen LogP contribution is -2.05. The van der Waals surface area contributed by atoms with Gasteiger partial charge in [-0.3, -0.25) is 0 Å². The van der Waals surface area contributed by atoms with Crippen LogP contribution in [-0.2, 0) is 11.3 Å². The van der Waals surface area contributed by atoms with Crippen molar-refractivity contribution in [1.29, 1.82) is 0 Å². The maximum Gasteiger partial charge on any atom is 0.358 e. The zero-order valence-corrected chi connectivity index (χ0v) is 10.7. The second kappa shape index (κ2) is 5.29. The summed E-state index contributed by atoms with van der Waals surface area (Å²) in [7, 11) is 0. The lowest BCUT2D eigenvalue weighted by Gasteiger charge is -2.04. The molecule has 0 N–H and O–H groups in total. The Hall–Kier alpha value is -1.39. The van der Waals surface area contributed by atoms with Crippen LogP contribution in [-0.4, -0.2) is 11.0 Å². The second-order valence-electron chi connectivity index (χ2n) is 3.42. The highest BCUT2D eigenvalue weighted by molar-refractivity contribution is 7.09. The number of halogens is 1. The van der Waals surface area contributed by atoms with Crippen molar-refractivity contribution in [3.8, 4) is 0 Å². The molecule has 17 heavy (non-hydrogen) atoms. The lowest BCUT2D eigenvalue weighted by molar-refractivity contribution is 0.0466. The van der Waals surface area contributed by atoms with E-state index in [0.717, 1.165) is 10.6 Å². The smallest absolute Gasteiger partial charge is 0.358 e. The summed E-state index contributed by atoms with van der Waals surface area (Å²) < 4.78 is 5.13. The van der Waals surface area contributed by atoms with E-state index in [4.69, 9.17) is 16.3 Å². The molecule has 88 valence electrons. The Balaban J connectivity index is 1.99. The molecule has 3 nitrogen and oxygen atoms in total. The summed E-state index contributed by atoms with van der Waals surface area (Å²) in [6.07, 6.45) is 0. The molecule has 0 spiro atoms. The van der Waals surface area contributed by atoms with Crippen LogP contribution in [0.15, 0.2) is 29.6 Å². The highest BCUT2D eigenvalue weighted by atomic mass is 35.5. The third-order valence-corrected chi connectivity index (χ3v) is 3.29. The van der Waals surface area contributed by atoms with Gasteiger partial charge in [-0.15, -0.1) is 11.3 Å². The predicted molar refractivity (Wildman–Crippen MR) is 67.4 cm³/mol. The van der Waals surface area contributed by atoms with Crippen molar-refractivity contribution < 1.29 is 9.53 Å². The van der Waals surface area contributed by atoms with Gasteiger partial charge >= 0.3 is 5.97 Å². The van der Waals surface area contributed by atoms with E-state index in [2.05, 4.69) is 4.98 Å². The summed E-state index contributed by atoms with van der Waals surface area (Å²) in [4.78, 5) is 15.7. The van der Waals surface area contributed by atoms with Gasteiger partial charge in [-0.05, 0) is 13.0 Å². The molecule has 1 aromatic carbocycles. The molecule has 0 aliphatic heterocycles. The van der Waals surface area contributed by atoms with Crippen LogP contribution in [0.5, 0.6) is 0 Å². The SMILES string of the molecule is Cc1nc(C(=O)OCc2ccccc2Cl)cs1. The van der Waals surface area contributed by atoms with Crippen molar-refractivity contribution in [3.05, 3.63) is 50.9 Å². The number of thiazole rings is 1. The molecular formula is C12H10ClNO2S. The highest BCUT2D eigenvalue weighted by Gasteiger charge is 2.11. The van der Waals surface area contributed by atoms with Gasteiger partial charge in [0.25, 0.3) is 0 Å². The molecule has 0 amide bonds. The number of hydrogen-bond donors (Lipinski definition) is 0. The molecular weight excluding hydrogens is 258 g/mol. The van der Waals surface area contributed by atoms with E-state index in [1.807, 2.05) is 25.1 Å². The number of aryl methyl sites for hydroxylation is 1. The summed E-state index contributed by atoms with van der Waals surface area (Å²) >= 11 is 7.37. The topological polar surface area (TPSA) is 39.2 Å². The van der Waals surface area contributed by atoms with Gasteiger partial charge < -0.3 is 4.74 Å². The van der Waals surface area contributed by atoms with Crippen LogP contribution in [0.25, 0.3) is 0 Å². The van der Waals surface area contributed by atoms with Gasteiger partial charge in [-0.25, -0.2) is 9.78 Å². The van der Waals surface area contributed by atoms with E-state index < -0.39 is 5.97 Å². The Labute approximate surface area is 108 Å². The first kappa shape index (κ1) is 12.1. The van der Waals surface area contributed by atoms with Crippen molar-refractivity contribution in [2.24, 2.45) is 0 Å². The number of ether oxygens (including phenoxy) is 1. The molecule has 2 rings (SSSR count). The largest absolute Gasteiger partial charge is 0.456 e. The second-order valence-corrected chi connectivity index (χ2v) is 4.89. The predicted octanol–water partition coefficient (Wildman–Crippen LogP) is 3.46. The molecule has 0 atom stereocenters. The lowest BCUT2D eigenvalue weighted by atomic mass is 10.2. The van der Waals surface area contributed by atoms with E-state index in [1.165, 1.54) is 11.3 Å². The first-order valence-corrected chi connectivity index (χ1v) is 6.25. The minimum Gasteiger partial charge on any atom is -0.456 e. The monoisotopic (exact) mass is 267 g/mol. The zero-order valence-electron chi connectivity index (χ0n) is 9.14. The van der Waals surface area contributed by atoms with Crippen LogP contribution in [0, 0.1) is 6.92 Å². The summed E-state index contributed by atoms with van der Waals surface area (Å²) in [6.45, 7) is 2.00. The summed E-state index contributed by atoms with van der Waals surface area (Å²) in [6, 6.07) is 7.26. The van der Waals surface area contributed by atoms with E-state index in [-0.39, 0.29) is 6.61 Å². The van der Waals surface area contributed by atoms with Gasteiger partial charge in [-0.1, -0.05) is 29.8 Å². The van der Waals surface area contributed by atoms with Gasteiger partial charge in [0, 0.05) is 16.0 Å². The Morgan fingerprint density at radius 1 is 1.47 bits per heavy atom. The van der Waals surface area contributed by atoms with Crippen LogP contribution in [0.2, 0.25) is 5.02 Å². The first-order chi connectivity index (χ1) is 8.16. The number of esters is 1. The minimum atomic E-state index is -0.422. The van der Waals surface area contributed by atoms with Crippen LogP contribution in [0.3, 0.4) is 0 Å². The van der Waals surface area contributed by atoms with Gasteiger partial charge in [-0.2, -0.15) is 0 Å². The maximum atomic E-state index is 11.6. The zero-order chi connectivity index (χ0) is 12.3. The van der Waals surface area contributed by atoms with Crippen molar-refractivity contribution in [3.63, 3.8) is 0 Å². The molecule has 0 aliphatic carbocycles. The van der Waals surface area contributed by atoms with Gasteiger partial charge in [0.2, 0.25) is 0 Å². The highest BCUT2D eigenvalue weighted by Crippen LogP contribution is 2.17. The number of carbonyl (C=O) groups excluding carboxylic acids is 1. The minimum absolute atomic E-state index is 0.162. The Morgan fingerprint density at radius 3 is 2.88 bits per heavy atom. The molecule has 1 heterocycles. The van der Waals surface area contributed by atoms with Crippen LogP contribution in [0.1, 0.15) is 21.1 Å². The standard InChI is InChI=1S/C12H10ClNO2S/c1-8-14-11(7-17-8)12(15)16-6-9-4-2-3-5-10(9)13/h2-5,7H,6H2,1H3. The van der Waals surface area contributed by atoms with Crippen LogP contribution < -0.4 is 0 Å². The molecule has 0 bridgehead atoms. The molecule has 1 aromatic heterocycles. The molecule has 2 aromatic rings. The molecule has 0 fully saturated rings. The molecule has 0 saturated carbocycles. The molecule has 0 radical (unpaired) electrons. The van der Waals surface area contributed by atoms with E-state index in [9.17, 15) is 4.79 Å². The van der Waals surface area contributed by atoms with E-state index >= 15 is 0 Å². The number of hydrogen-bond acceptors (Lipinski definition) is 4. The van der Waals surface area contributed by atoms with Crippen LogP contribution in [0.4, 0.5) is 0 Å². The number of benzene rings is 1. The Bertz CT molecular complexity index is 539. The third-order valence-electron chi connectivity index (χ3n) is 2.14. The van der Waals surface area contributed by atoms with Crippen molar-refractivity contribution >= 4 is 28.9 Å². The van der Waals surface area contributed by atoms with E-state index in [1.54, 1.807) is 11.4 Å². The third kappa shape index (κ3) is 3.05. The van der Waals surface area contributed by atoms with Crippen molar-refractivity contribution in [2.45, 2.75) is 13.5 Å². The van der Waals surface area contributed by atoms with Gasteiger partial charge in [0.1, 0.15) is 6.61 Å². The Morgan fingerprint density at radius 2 is 2.24 bits per heavy atom. The average molecular weight is 268 g/mol. The van der Waals surface area contributed by atoms with Crippen LogP contribution >= 0.6 is 22.9 Å². The summed E-state index contributed by atoms with van der Waals surface area (Å²) in [5, 5.41) is 3.12. The normalized spacial score (nSPS) is 10.2. The van der Waals surface area contributed by atoms with Crippen molar-refractivity contribution in [2.75, 3.05) is 0 Å². The molecule has 5 heteroatoms. The number of carbonyl (C=O) groups is 1. The fourth-order valence-corrected chi connectivity index (χ4v) is 2.06. The fraction of sp³-hybridized carbons (Fsp3) is 0.167.